The van der Waals surface area contributed by atoms with Crippen molar-refractivity contribution in [2.24, 2.45) is 17.8 Å². The molecule has 0 aromatic carbocycles. The van der Waals surface area contributed by atoms with Crippen LogP contribution in [0.2, 0.25) is 0 Å². The Balaban J connectivity index is 1.32. The SMILES string of the molecule is CCc1cc(C(=O)OCC(=O)NC23CC4CC(CC(C4)C2)C3)sc1C. The van der Waals surface area contributed by atoms with Crippen LogP contribution in [-0.2, 0) is 16.0 Å². The molecule has 0 aliphatic heterocycles. The zero-order valence-electron chi connectivity index (χ0n) is 15.1. The lowest BCUT2D eigenvalue weighted by atomic mass is 9.53. The number of amides is 1. The van der Waals surface area contributed by atoms with Gasteiger partial charge in [0.05, 0.1) is 0 Å². The van der Waals surface area contributed by atoms with Crippen LogP contribution in [0.5, 0.6) is 0 Å². The number of nitrogens with one attached hydrogen (secondary N) is 1. The van der Waals surface area contributed by atoms with E-state index in [1.54, 1.807) is 0 Å². The second-order valence-electron chi connectivity index (χ2n) is 8.37. The normalized spacial score (nSPS) is 32.6. The van der Waals surface area contributed by atoms with Gasteiger partial charge in [-0.15, -0.1) is 11.3 Å². The van der Waals surface area contributed by atoms with E-state index in [4.69, 9.17) is 4.74 Å². The predicted molar refractivity (Wildman–Crippen MR) is 97.8 cm³/mol. The first kappa shape index (κ1) is 17.1. The van der Waals surface area contributed by atoms with Crippen LogP contribution < -0.4 is 5.32 Å². The summed E-state index contributed by atoms with van der Waals surface area (Å²) in [5.41, 5.74) is 1.16. The number of esters is 1. The van der Waals surface area contributed by atoms with Crippen molar-refractivity contribution in [3.05, 3.63) is 21.4 Å². The number of carbonyl (C=O) groups is 2. The van der Waals surface area contributed by atoms with Crippen LogP contribution in [0.1, 0.15) is 65.6 Å². The van der Waals surface area contributed by atoms with Gasteiger partial charge in [-0.05, 0) is 81.3 Å². The van der Waals surface area contributed by atoms with Crippen molar-refractivity contribution in [1.29, 1.82) is 0 Å². The van der Waals surface area contributed by atoms with Gasteiger partial charge < -0.3 is 10.1 Å². The fourth-order valence-electron chi connectivity index (χ4n) is 5.77. The van der Waals surface area contributed by atoms with E-state index in [1.165, 1.54) is 36.2 Å². The van der Waals surface area contributed by atoms with Crippen molar-refractivity contribution >= 4 is 23.2 Å². The summed E-state index contributed by atoms with van der Waals surface area (Å²) in [5.74, 6) is 1.84. The molecule has 25 heavy (non-hydrogen) atoms. The van der Waals surface area contributed by atoms with E-state index in [2.05, 4.69) is 12.2 Å². The topological polar surface area (TPSA) is 55.4 Å². The van der Waals surface area contributed by atoms with Crippen LogP contribution in [-0.4, -0.2) is 24.0 Å². The minimum Gasteiger partial charge on any atom is -0.451 e. The highest BCUT2D eigenvalue weighted by Gasteiger charge is 2.51. The predicted octanol–water partition coefficient (Wildman–Crippen LogP) is 3.86. The van der Waals surface area contributed by atoms with Crippen molar-refractivity contribution in [1.82, 2.24) is 5.32 Å². The highest BCUT2D eigenvalue weighted by molar-refractivity contribution is 7.14. The van der Waals surface area contributed by atoms with E-state index in [9.17, 15) is 9.59 Å². The van der Waals surface area contributed by atoms with Crippen molar-refractivity contribution in [2.75, 3.05) is 6.61 Å². The minimum atomic E-state index is -0.381. The molecule has 4 saturated carbocycles. The Morgan fingerprint density at radius 3 is 2.32 bits per heavy atom. The quantitative estimate of drug-likeness (QED) is 0.810. The monoisotopic (exact) mass is 361 g/mol. The zero-order valence-corrected chi connectivity index (χ0v) is 15.9. The van der Waals surface area contributed by atoms with Crippen LogP contribution in [0.25, 0.3) is 0 Å². The number of thiophene rings is 1. The molecule has 4 fully saturated rings. The van der Waals surface area contributed by atoms with Crippen molar-refractivity contribution in [3.63, 3.8) is 0 Å². The van der Waals surface area contributed by atoms with E-state index in [0.717, 1.165) is 48.3 Å². The summed E-state index contributed by atoms with van der Waals surface area (Å²) in [6.07, 6.45) is 8.29. The smallest absolute Gasteiger partial charge is 0.348 e. The van der Waals surface area contributed by atoms with Gasteiger partial charge in [0.1, 0.15) is 4.88 Å². The molecule has 0 unspecified atom stereocenters. The molecule has 4 bridgehead atoms. The molecule has 1 aromatic rings. The van der Waals surface area contributed by atoms with Crippen LogP contribution in [0, 0.1) is 24.7 Å². The maximum absolute atomic E-state index is 12.4. The van der Waals surface area contributed by atoms with Crippen molar-refractivity contribution in [3.8, 4) is 0 Å². The molecule has 1 heterocycles. The van der Waals surface area contributed by atoms with Crippen molar-refractivity contribution in [2.45, 2.75) is 64.3 Å². The fourth-order valence-corrected chi connectivity index (χ4v) is 6.78. The van der Waals surface area contributed by atoms with Gasteiger partial charge >= 0.3 is 5.97 Å². The molecule has 4 aliphatic carbocycles. The molecule has 0 atom stereocenters. The molecule has 0 radical (unpaired) electrons. The van der Waals surface area contributed by atoms with Gasteiger partial charge in [-0.1, -0.05) is 6.92 Å². The van der Waals surface area contributed by atoms with Gasteiger partial charge in [0.15, 0.2) is 6.61 Å². The third kappa shape index (κ3) is 3.35. The van der Waals surface area contributed by atoms with Gasteiger partial charge in [-0.3, -0.25) is 4.79 Å². The summed E-state index contributed by atoms with van der Waals surface area (Å²) >= 11 is 1.45. The molecule has 0 saturated heterocycles. The molecule has 136 valence electrons. The first-order valence-corrected chi connectivity index (χ1v) is 10.4. The molecular formula is C20H27NO3S. The molecule has 5 rings (SSSR count). The molecular weight excluding hydrogens is 334 g/mol. The lowest BCUT2D eigenvalue weighted by Crippen LogP contribution is -2.60. The van der Waals surface area contributed by atoms with Crippen LogP contribution in [0.4, 0.5) is 0 Å². The fraction of sp³-hybridized carbons (Fsp3) is 0.700. The largest absolute Gasteiger partial charge is 0.451 e. The summed E-state index contributed by atoms with van der Waals surface area (Å²) in [6.45, 7) is 3.92. The second kappa shape index (κ2) is 6.42. The molecule has 0 spiro atoms. The average Bonchev–Trinajstić information content (AvgIpc) is 2.92. The summed E-state index contributed by atoms with van der Waals surface area (Å²) in [4.78, 5) is 26.3. The number of hydrogen-bond donors (Lipinski definition) is 1. The Morgan fingerprint density at radius 1 is 1.20 bits per heavy atom. The molecule has 4 aliphatic rings. The maximum Gasteiger partial charge on any atom is 0.348 e. The Hall–Kier alpha value is -1.36. The summed E-state index contributed by atoms with van der Waals surface area (Å²) < 4.78 is 5.28. The standard InChI is InChI=1S/C20H27NO3S/c1-3-16-7-17(25-12(16)2)19(23)24-11-18(22)21-20-8-13-4-14(9-20)6-15(5-13)10-20/h7,13-15H,3-6,8-11H2,1-2H3,(H,21,22). The van der Waals surface area contributed by atoms with Gasteiger partial charge in [0, 0.05) is 10.4 Å². The maximum atomic E-state index is 12.4. The molecule has 5 heteroatoms. The van der Waals surface area contributed by atoms with E-state index in [-0.39, 0.29) is 24.0 Å². The summed E-state index contributed by atoms with van der Waals surface area (Å²) in [5, 5.41) is 3.25. The van der Waals surface area contributed by atoms with Crippen LogP contribution >= 0.6 is 11.3 Å². The molecule has 1 N–H and O–H groups in total. The minimum absolute atomic E-state index is 0.0207. The van der Waals surface area contributed by atoms with E-state index in [1.807, 2.05) is 13.0 Å². The first-order chi connectivity index (χ1) is 12.0. The first-order valence-electron chi connectivity index (χ1n) is 9.54. The molecule has 4 nitrogen and oxygen atoms in total. The van der Waals surface area contributed by atoms with Gasteiger partial charge in [-0.2, -0.15) is 0 Å². The number of carbonyl (C=O) groups excluding carboxylic acids is 2. The number of aryl methyl sites for hydroxylation is 2. The second-order valence-corrected chi connectivity index (χ2v) is 9.62. The lowest BCUT2D eigenvalue weighted by Gasteiger charge is -2.56. The Bertz CT molecular complexity index is 658. The molecule has 1 amide bonds. The van der Waals surface area contributed by atoms with Gasteiger partial charge in [0.2, 0.25) is 0 Å². The van der Waals surface area contributed by atoms with Gasteiger partial charge in [-0.25, -0.2) is 4.79 Å². The number of hydrogen-bond acceptors (Lipinski definition) is 4. The summed E-state index contributed by atoms with van der Waals surface area (Å²) in [7, 11) is 0. The van der Waals surface area contributed by atoms with E-state index < -0.39 is 0 Å². The Labute approximate surface area is 153 Å². The molecule has 1 aromatic heterocycles. The van der Waals surface area contributed by atoms with Gasteiger partial charge in [0.25, 0.3) is 5.91 Å². The van der Waals surface area contributed by atoms with Crippen LogP contribution in [0.15, 0.2) is 6.07 Å². The van der Waals surface area contributed by atoms with Crippen LogP contribution in [0.3, 0.4) is 0 Å². The number of ether oxygens (including phenoxy) is 1. The Kier molecular flexibility index (Phi) is 4.38. The lowest BCUT2D eigenvalue weighted by molar-refractivity contribution is -0.130. The highest BCUT2D eigenvalue weighted by Crippen LogP contribution is 2.55. The third-order valence-corrected chi connectivity index (χ3v) is 7.45. The third-order valence-electron chi connectivity index (χ3n) is 6.38. The van der Waals surface area contributed by atoms with E-state index in [0.29, 0.717) is 4.88 Å². The average molecular weight is 362 g/mol. The van der Waals surface area contributed by atoms with E-state index >= 15 is 0 Å². The van der Waals surface area contributed by atoms with Crippen molar-refractivity contribution < 1.29 is 14.3 Å². The Morgan fingerprint density at radius 2 is 1.80 bits per heavy atom. The zero-order chi connectivity index (χ0) is 17.6. The summed E-state index contributed by atoms with van der Waals surface area (Å²) in [6, 6.07) is 1.89. The highest BCUT2D eigenvalue weighted by atomic mass is 32.1. The number of rotatable bonds is 5.